The predicted molar refractivity (Wildman–Crippen MR) is 42.4 cm³/mol. The van der Waals surface area contributed by atoms with Gasteiger partial charge in [-0.2, -0.15) is 0 Å². The van der Waals surface area contributed by atoms with E-state index >= 15 is 0 Å². The lowest BCUT2D eigenvalue weighted by Crippen LogP contribution is -2.11. The summed E-state index contributed by atoms with van der Waals surface area (Å²) in [5.74, 6) is -0.219. The van der Waals surface area contributed by atoms with Crippen LogP contribution < -0.4 is 0 Å². The molecule has 62 valence electrons. The van der Waals surface area contributed by atoms with Gasteiger partial charge in [0.2, 0.25) is 0 Å². The zero-order valence-corrected chi connectivity index (χ0v) is 6.40. The monoisotopic (exact) mass is 165 g/mol. The molecule has 0 N–H and O–H groups in total. The van der Waals surface area contributed by atoms with E-state index < -0.39 is 6.30 Å². The Morgan fingerprint density at radius 1 is 1.42 bits per heavy atom. The maximum Gasteiger partial charge on any atom is 0.256 e. The molecule has 2 nitrogen and oxygen atoms in total. The van der Waals surface area contributed by atoms with Gasteiger partial charge in [0.05, 0.1) is 6.54 Å². The van der Waals surface area contributed by atoms with E-state index in [0.717, 1.165) is 0 Å². The van der Waals surface area contributed by atoms with Gasteiger partial charge in [0, 0.05) is 5.56 Å². The number of carbonyl (C=O) groups excluding carboxylic acids is 1. The first-order valence-electron chi connectivity index (χ1n) is 3.79. The van der Waals surface area contributed by atoms with Crippen molar-refractivity contribution in [1.82, 2.24) is 4.90 Å². The topological polar surface area (TPSA) is 20.1 Å². The van der Waals surface area contributed by atoms with Gasteiger partial charge in [-0.15, -0.1) is 0 Å². The van der Waals surface area contributed by atoms with Crippen LogP contribution in [0.15, 0.2) is 30.3 Å². The van der Waals surface area contributed by atoms with Crippen LogP contribution in [0.5, 0.6) is 0 Å². The van der Waals surface area contributed by atoms with Gasteiger partial charge in [0.15, 0.2) is 6.30 Å². The highest BCUT2D eigenvalue weighted by molar-refractivity contribution is 5.95. The van der Waals surface area contributed by atoms with Crippen LogP contribution in [0.4, 0.5) is 4.39 Å². The highest BCUT2D eigenvalue weighted by atomic mass is 19.1. The van der Waals surface area contributed by atoms with Gasteiger partial charge >= 0.3 is 0 Å². The minimum Gasteiger partial charge on any atom is -0.302 e. The fourth-order valence-corrected chi connectivity index (χ4v) is 1.07. The lowest BCUT2D eigenvalue weighted by molar-refractivity contribution is 0.0852. The molecule has 1 aliphatic heterocycles. The van der Waals surface area contributed by atoms with E-state index in [1.807, 2.05) is 6.07 Å². The number of amides is 1. The van der Waals surface area contributed by atoms with Crippen LogP contribution in [0.1, 0.15) is 10.4 Å². The molecule has 0 aromatic heterocycles. The van der Waals surface area contributed by atoms with E-state index in [1.54, 1.807) is 24.3 Å². The lowest BCUT2D eigenvalue weighted by Gasteiger charge is -1.99. The number of rotatable bonds is 1. The molecule has 1 atom stereocenters. The zero-order valence-electron chi connectivity index (χ0n) is 6.40. The minimum atomic E-state index is -1.06. The molecule has 1 unspecified atom stereocenters. The number of hydrogen-bond acceptors (Lipinski definition) is 1. The van der Waals surface area contributed by atoms with Gasteiger partial charge in [-0.3, -0.25) is 4.79 Å². The molecular formula is C9H8FNO. The minimum absolute atomic E-state index is 0.219. The molecule has 1 aromatic rings. The zero-order chi connectivity index (χ0) is 8.55. The summed E-state index contributed by atoms with van der Waals surface area (Å²) in [5.41, 5.74) is 0.553. The molecule has 3 heteroatoms. The molecule has 1 heterocycles. The first kappa shape index (κ1) is 7.28. The third-order valence-electron chi connectivity index (χ3n) is 1.83. The molecule has 1 saturated heterocycles. The normalized spacial score (nSPS) is 20.8. The van der Waals surface area contributed by atoms with Gasteiger partial charge in [0.1, 0.15) is 0 Å². The van der Waals surface area contributed by atoms with Crippen molar-refractivity contribution in [2.45, 2.75) is 6.30 Å². The summed E-state index contributed by atoms with van der Waals surface area (Å²) in [6.45, 7) is 0.244. The maximum atomic E-state index is 12.4. The number of halogens is 1. The van der Waals surface area contributed by atoms with Crippen LogP contribution in [0.3, 0.4) is 0 Å². The summed E-state index contributed by atoms with van der Waals surface area (Å²) in [6.07, 6.45) is -1.06. The van der Waals surface area contributed by atoms with E-state index in [-0.39, 0.29) is 12.5 Å². The molecule has 0 saturated carbocycles. The Hall–Kier alpha value is -1.38. The van der Waals surface area contributed by atoms with Crippen molar-refractivity contribution >= 4 is 5.91 Å². The maximum absolute atomic E-state index is 12.4. The summed E-state index contributed by atoms with van der Waals surface area (Å²) >= 11 is 0. The summed E-state index contributed by atoms with van der Waals surface area (Å²) < 4.78 is 12.4. The summed E-state index contributed by atoms with van der Waals surface area (Å²) in [5, 5.41) is 0. The Balaban J connectivity index is 2.16. The van der Waals surface area contributed by atoms with Gasteiger partial charge in [-0.1, -0.05) is 18.2 Å². The molecule has 1 aromatic carbocycles. The number of nitrogens with zero attached hydrogens (tertiary/aromatic N) is 1. The SMILES string of the molecule is O=C(c1ccccc1)N1CC1F. The second kappa shape index (κ2) is 2.59. The number of alkyl halides is 1. The van der Waals surface area contributed by atoms with Crippen molar-refractivity contribution in [3.63, 3.8) is 0 Å². The Bertz CT molecular complexity index is 299. The van der Waals surface area contributed by atoms with Gasteiger partial charge in [-0.25, -0.2) is 4.39 Å². The van der Waals surface area contributed by atoms with E-state index in [9.17, 15) is 9.18 Å². The van der Waals surface area contributed by atoms with E-state index in [4.69, 9.17) is 0 Å². The molecule has 1 amide bonds. The van der Waals surface area contributed by atoms with Gasteiger partial charge in [0.25, 0.3) is 5.91 Å². The van der Waals surface area contributed by atoms with Crippen LogP contribution >= 0.6 is 0 Å². The third kappa shape index (κ3) is 1.18. The molecule has 1 aliphatic rings. The average molecular weight is 165 g/mol. The van der Waals surface area contributed by atoms with Crippen molar-refractivity contribution in [3.8, 4) is 0 Å². The number of hydrogen-bond donors (Lipinski definition) is 0. The quantitative estimate of drug-likeness (QED) is 0.455. The molecule has 0 spiro atoms. The van der Waals surface area contributed by atoms with Crippen molar-refractivity contribution in [1.29, 1.82) is 0 Å². The standard InChI is InChI=1S/C9H8FNO/c10-8-6-11(8)9(12)7-4-2-1-3-5-7/h1-5,8H,6H2. The average Bonchev–Trinajstić information content (AvgIpc) is 2.83. The van der Waals surface area contributed by atoms with Crippen molar-refractivity contribution in [2.75, 3.05) is 6.54 Å². The Morgan fingerprint density at radius 2 is 2.00 bits per heavy atom. The van der Waals surface area contributed by atoms with Crippen LogP contribution in [0, 0.1) is 0 Å². The van der Waals surface area contributed by atoms with E-state index in [1.165, 1.54) is 4.90 Å². The van der Waals surface area contributed by atoms with Crippen LogP contribution in [-0.4, -0.2) is 23.6 Å². The molecule has 0 bridgehead atoms. The first-order chi connectivity index (χ1) is 5.79. The second-order valence-corrected chi connectivity index (χ2v) is 2.76. The molecule has 1 fully saturated rings. The lowest BCUT2D eigenvalue weighted by atomic mass is 10.2. The van der Waals surface area contributed by atoms with Crippen molar-refractivity contribution < 1.29 is 9.18 Å². The van der Waals surface area contributed by atoms with E-state index in [2.05, 4.69) is 0 Å². The fourth-order valence-electron chi connectivity index (χ4n) is 1.07. The molecule has 2 rings (SSSR count). The summed E-state index contributed by atoms with van der Waals surface area (Å²) in [7, 11) is 0. The molecule has 0 aliphatic carbocycles. The Kier molecular flexibility index (Phi) is 1.57. The second-order valence-electron chi connectivity index (χ2n) is 2.76. The highest BCUT2D eigenvalue weighted by Gasteiger charge is 2.38. The summed E-state index contributed by atoms with van der Waals surface area (Å²) in [6, 6.07) is 8.74. The third-order valence-corrected chi connectivity index (χ3v) is 1.83. The fraction of sp³-hybridized carbons (Fsp3) is 0.222. The number of carbonyl (C=O) groups is 1. The largest absolute Gasteiger partial charge is 0.302 e. The summed E-state index contributed by atoms with van der Waals surface area (Å²) in [4.78, 5) is 12.5. The Morgan fingerprint density at radius 3 is 2.50 bits per heavy atom. The van der Waals surface area contributed by atoms with E-state index in [0.29, 0.717) is 5.56 Å². The predicted octanol–water partition coefficient (Wildman–Crippen LogP) is 1.44. The van der Waals surface area contributed by atoms with Gasteiger partial charge < -0.3 is 4.90 Å². The van der Waals surface area contributed by atoms with Crippen molar-refractivity contribution in [3.05, 3.63) is 35.9 Å². The molecule has 12 heavy (non-hydrogen) atoms. The Labute approximate surface area is 69.6 Å². The number of benzene rings is 1. The molecular weight excluding hydrogens is 157 g/mol. The highest BCUT2D eigenvalue weighted by Crippen LogP contribution is 2.21. The molecule has 0 radical (unpaired) electrons. The van der Waals surface area contributed by atoms with Crippen LogP contribution in [-0.2, 0) is 0 Å². The van der Waals surface area contributed by atoms with Crippen LogP contribution in [0.2, 0.25) is 0 Å². The first-order valence-corrected chi connectivity index (χ1v) is 3.79. The van der Waals surface area contributed by atoms with Gasteiger partial charge in [-0.05, 0) is 12.1 Å². The van der Waals surface area contributed by atoms with Crippen molar-refractivity contribution in [2.24, 2.45) is 0 Å². The smallest absolute Gasteiger partial charge is 0.256 e. The van der Waals surface area contributed by atoms with Crippen LogP contribution in [0.25, 0.3) is 0 Å².